The number of hydrogen-bond acceptors (Lipinski definition) is 1. The van der Waals surface area contributed by atoms with Gasteiger partial charge < -0.3 is 4.57 Å². The largest absolute Gasteiger partial charge is 0.334 e. The molecule has 2 rings (SSSR count). The predicted molar refractivity (Wildman–Crippen MR) is 108 cm³/mol. The first-order valence-corrected chi connectivity index (χ1v) is 10.4. The fourth-order valence-electron chi connectivity index (χ4n) is 3.95. The second kappa shape index (κ2) is 11.9. The fourth-order valence-corrected chi connectivity index (χ4v) is 3.95. The lowest BCUT2D eigenvalue weighted by molar-refractivity contribution is 0.280. The average molecular weight is 341 g/mol. The van der Waals surface area contributed by atoms with Crippen LogP contribution in [0.5, 0.6) is 0 Å². The summed E-state index contributed by atoms with van der Waals surface area (Å²) in [4.78, 5) is 4.32. The summed E-state index contributed by atoms with van der Waals surface area (Å²) < 4.78 is 2.37. The summed E-state index contributed by atoms with van der Waals surface area (Å²) in [5.41, 5.74) is 1.47. The van der Waals surface area contributed by atoms with Gasteiger partial charge in [-0.05, 0) is 30.7 Å². The zero-order valence-corrected chi connectivity index (χ0v) is 16.2. The van der Waals surface area contributed by atoms with E-state index in [1.807, 2.05) is 12.5 Å². The zero-order valence-electron chi connectivity index (χ0n) is 16.2. The van der Waals surface area contributed by atoms with Crippen molar-refractivity contribution in [1.29, 1.82) is 0 Å². The predicted octanol–water partition coefficient (Wildman–Crippen LogP) is 6.83. The van der Waals surface area contributed by atoms with Crippen LogP contribution in [-0.2, 0) is 6.42 Å². The lowest BCUT2D eigenvalue weighted by atomic mass is 9.85. The molecule has 2 unspecified atom stereocenters. The first-order valence-electron chi connectivity index (χ1n) is 10.4. The number of hydrogen-bond donors (Lipinski definition) is 0. The van der Waals surface area contributed by atoms with Gasteiger partial charge in [0.25, 0.3) is 0 Å². The van der Waals surface area contributed by atoms with Gasteiger partial charge in [0, 0.05) is 18.4 Å². The molecule has 0 amide bonds. The van der Waals surface area contributed by atoms with Gasteiger partial charge in [-0.25, -0.2) is 4.98 Å². The van der Waals surface area contributed by atoms with Gasteiger partial charge in [0.05, 0.1) is 6.33 Å². The third-order valence-electron chi connectivity index (χ3n) is 5.31. The number of rotatable bonds is 13. The number of nitrogens with zero attached hydrogens (tertiary/aromatic N) is 2. The van der Waals surface area contributed by atoms with Gasteiger partial charge in [-0.1, -0.05) is 89.1 Å². The third kappa shape index (κ3) is 7.05. The number of benzene rings is 1. The Bertz CT molecular complexity index is 532. The Kier molecular flexibility index (Phi) is 9.40. The molecule has 0 fully saturated rings. The maximum absolute atomic E-state index is 4.32. The molecule has 2 atom stereocenters. The summed E-state index contributed by atoms with van der Waals surface area (Å²) in [7, 11) is 0. The van der Waals surface area contributed by atoms with Crippen molar-refractivity contribution in [2.24, 2.45) is 5.92 Å². The van der Waals surface area contributed by atoms with Crippen molar-refractivity contribution >= 4 is 0 Å². The number of unbranched alkanes of at least 4 members (excludes halogenated alkanes) is 5. The number of aromatic nitrogens is 2. The van der Waals surface area contributed by atoms with Crippen molar-refractivity contribution in [3.63, 3.8) is 0 Å². The highest BCUT2D eigenvalue weighted by molar-refractivity contribution is 5.15. The Balaban J connectivity index is 1.98. The van der Waals surface area contributed by atoms with Crippen LogP contribution in [0.2, 0.25) is 0 Å². The van der Waals surface area contributed by atoms with E-state index in [9.17, 15) is 0 Å². The Hall–Kier alpha value is -1.57. The van der Waals surface area contributed by atoms with Crippen LogP contribution in [0.3, 0.4) is 0 Å². The van der Waals surface area contributed by atoms with E-state index in [-0.39, 0.29) is 0 Å². The molecule has 2 aromatic rings. The minimum atomic E-state index is 0.578. The summed E-state index contributed by atoms with van der Waals surface area (Å²) in [6.45, 7) is 4.60. The molecule has 0 saturated heterocycles. The first-order chi connectivity index (χ1) is 12.3. The average Bonchev–Trinajstić information content (AvgIpc) is 3.16. The van der Waals surface area contributed by atoms with Crippen LogP contribution in [0.25, 0.3) is 0 Å². The van der Waals surface area contributed by atoms with E-state index in [0.29, 0.717) is 12.0 Å². The van der Waals surface area contributed by atoms with E-state index in [0.717, 1.165) is 0 Å². The minimum absolute atomic E-state index is 0.578. The standard InChI is InChI=1S/C23H36N2/c1-3-5-6-7-8-12-16-23(25-18-17-24-20-25)22(13-4-2)19-21-14-10-9-11-15-21/h9-11,14-15,17-18,20,22-23H,3-8,12-13,16,19H2,1-2H3. The van der Waals surface area contributed by atoms with E-state index in [4.69, 9.17) is 0 Å². The molecule has 0 saturated carbocycles. The molecule has 25 heavy (non-hydrogen) atoms. The monoisotopic (exact) mass is 340 g/mol. The van der Waals surface area contributed by atoms with Gasteiger partial charge >= 0.3 is 0 Å². The highest BCUT2D eigenvalue weighted by Gasteiger charge is 2.22. The molecule has 0 aliphatic heterocycles. The molecule has 1 aromatic carbocycles. The first kappa shape index (κ1) is 19.8. The molecular formula is C23H36N2. The SMILES string of the molecule is CCCCCCCCC(C(CCC)Cc1ccccc1)n1ccnc1. The smallest absolute Gasteiger partial charge is 0.0948 e. The molecule has 2 heteroatoms. The molecule has 0 radical (unpaired) electrons. The van der Waals surface area contributed by atoms with Crippen molar-refractivity contribution in [2.45, 2.75) is 84.1 Å². The van der Waals surface area contributed by atoms with Gasteiger partial charge in [-0.2, -0.15) is 0 Å². The zero-order chi connectivity index (χ0) is 17.7. The van der Waals surface area contributed by atoms with Crippen molar-refractivity contribution < 1.29 is 0 Å². The summed E-state index contributed by atoms with van der Waals surface area (Å²) in [6.07, 6.45) is 19.3. The van der Waals surface area contributed by atoms with E-state index >= 15 is 0 Å². The number of imidazole rings is 1. The van der Waals surface area contributed by atoms with Crippen LogP contribution in [-0.4, -0.2) is 9.55 Å². The van der Waals surface area contributed by atoms with Gasteiger partial charge in [-0.3, -0.25) is 0 Å². The van der Waals surface area contributed by atoms with Crippen molar-refractivity contribution in [3.8, 4) is 0 Å². The van der Waals surface area contributed by atoms with Crippen LogP contribution in [0.4, 0.5) is 0 Å². The maximum atomic E-state index is 4.32. The molecule has 0 bridgehead atoms. The molecule has 1 aromatic heterocycles. The van der Waals surface area contributed by atoms with Crippen molar-refractivity contribution in [2.75, 3.05) is 0 Å². The highest BCUT2D eigenvalue weighted by Crippen LogP contribution is 2.31. The van der Waals surface area contributed by atoms with Gasteiger partial charge in [0.1, 0.15) is 0 Å². The van der Waals surface area contributed by atoms with Crippen LogP contribution >= 0.6 is 0 Å². The Morgan fingerprint density at radius 2 is 1.64 bits per heavy atom. The lowest BCUT2D eigenvalue weighted by Gasteiger charge is -2.28. The Labute approximate surface area is 154 Å². The molecule has 0 aliphatic carbocycles. The molecule has 0 N–H and O–H groups in total. The van der Waals surface area contributed by atoms with Crippen molar-refractivity contribution in [1.82, 2.24) is 9.55 Å². The van der Waals surface area contributed by atoms with Gasteiger partial charge in [0.15, 0.2) is 0 Å². The second-order valence-electron chi connectivity index (χ2n) is 7.37. The van der Waals surface area contributed by atoms with E-state index < -0.39 is 0 Å². The van der Waals surface area contributed by atoms with Crippen LogP contribution in [0, 0.1) is 5.92 Å². The Morgan fingerprint density at radius 1 is 0.880 bits per heavy atom. The molecule has 0 aliphatic rings. The van der Waals surface area contributed by atoms with E-state index in [1.165, 1.54) is 69.8 Å². The summed E-state index contributed by atoms with van der Waals surface area (Å²) in [6, 6.07) is 11.6. The summed E-state index contributed by atoms with van der Waals surface area (Å²) in [5.74, 6) is 0.692. The molecular weight excluding hydrogens is 304 g/mol. The molecule has 0 spiro atoms. The van der Waals surface area contributed by atoms with Crippen LogP contribution in [0.1, 0.15) is 83.2 Å². The van der Waals surface area contributed by atoms with Crippen molar-refractivity contribution in [3.05, 3.63) is 54.6 Å². The van der Waals surface area contributed by atoms with Crippen LogP contribution in [0.15, 0.2) is 49.1 Å². The summed E-state index contributed by atoms with van der Waals surface area (Å²) in [5, 5.41) is 0. The van der Waals surface area contributed by atoms with Gasteiger partial charge in [-0.15, -0.1) is 0 Å². The normalized spacial score (nSPS) is 13.7. The third-order valence-corrected chi connectivity index (χ3v) is 5.31. The highest BCUT2D eigenvalue weighted by atomic mass is 15.1. The molecule has 2 nitrogen and oxygen atoms in total. The maximum Gasteiger partial charge on any atom is 0.0948 e. The molecule has 1 heterocycles. The molecule has 138 valence electrons. The topological polar surface area (TPSA) is 17.8 Å². The quantitative estimate of drug-likeness (QED) is 0.365. The summed E-state index contributed by atoms with van der Waals surface area (Å²) >= 11 is 0. The second-order valence-corrected chi connectivity index (χ2v) is 7.37. The van der Waals surface area contributed by atoms with Gasteiger partial charge in [0.2, 0.25) is 0 Å². The van der Waals surface area contributed by atoms with E-state index in [1.54, 1.807) is 0 Å². The van der Waals surface area contributed by atoms with E-state index in [2.05, 4.69) is 59.9 Å². The van der Waals surface area contributed by atoms with Crippen LogP contribution < -0.4 is 0 Å². The Morgan fingerprint density at radius 3 is 2.32 bits per heavy atom. The fraction of sp³-hybridized carbons (Fsp3) is 0.609. The minimum Gasteiger partial charge on any atom is -0.334 e. The lowest BCUT2D eigenvalue weighted by Crippen LogP contribution is -2.21.